The summed E-state index contributed by atoms with van der Waals surface area (Å²) in [6.45, 7) is 1.83. The number of aryl methyl sites for hydroxylation is 1. The van der Waals surface area contributed by atoms with E-state index in [1.54, 1.807) is 30.3 Å². The van der Waals surface area contributed by atoms with Gasteiger partial charge in [0.05, 0.1) is 17.5 Å². The molecule has 3 aromatic rings. The summed E-state index contributed by atoms with van der Waals surface area (Å²) < 4.78 is 0.943. The van der Waals surface area contributed by atoms with Gasteiger partial charge in [0, 0.05) is 12.4 Å². The lowest BCUT2D eigenvalue weighted by Gasteiger charge is -2.10. The van der Waals surface area contributed by atoms with Crippen LogP contribution in [0.5, 0.6) is 5.88 Å². The molecule has 0 saturated heterocycles. The van der Waals surface area contributed by atoms with Gasteiger partial charge in [-0.25, -0.2) is 14.8 Å². The lowest BCUT2D eigenvalue weighted by atomic mass is 10.2. The molecule has 0 radical (unpaired) electrons. The summed E-state index contributed by atoms with van der Waals surface area (Å²) in [5.41, 5.74) is 1.84. The Morgan fingerprint density at radius 2 is 2.11 bits per heavy atom. The predicted molar refractivity (Wildman–Crippen MR) is 98.4 cm³/mol. The van der Waals surface area contributed by atoms with Crippen molar-refractivity contribution < 1.29 is 9.90 Å². The number of pyridine rings is 1. The van der Waals surface area contributed by atoms with E-state index in [2.05, 4.69) is 20.5 Å². The van der Waals surface area contributed by atoms with E-state index in [0.29, 0.717) is 5.69 Å². The van der Waals surface area contributed by atoms with Crippen molar-refractivity contribution in [1.29, 1.82) is 0 Å². The molecule has 0 aliphatic carbocycles. The molecule has 1 aromatic carbocycles. The van der Waals surface area contributed by atoms with Crippen LogP contribution in [-0.4, -0.2) is 31.8 Å². The van der Waals surface area contributed by atoms with Crippen LogP contribution in [-0.2, 0) is 0 Å². The van der Waals surface area contributed by atoms with Gasteiger partial charge in [-0.1, -0.05) is 12.1 Å². The number of nitrogens with one attached hydrogen (secondary N) is 2. The highest BCUT2D eigenvalue weighted by Crippen LogP contribution is 2.16. The minimum absolute atomic E-state index is 0.275. The number of amides is 1. The van der Waals surface area contributed by atoms with Crippen LogP contribution in [0.15, 0.2) is 63.5 Å². The van der Waals surface area contributed by atoms with Crippen LogP contribution in [0.3, 0.4) is 0 Å². The van der Waals surface area contributed by atoms with Gasteiger partial charge in [0.2, 0.25) is 5.88 Å². The first-order valence-corrected chi connectivity index (χ1v) is 7.86. The van der Waals surface area contributed by atoms with Gasteiger partial charge in [0.1, 0.15) is 5.56 Å². The molecular formula is C18H15N5O4. The highest BCUT2D eigenvalue weighted by molar-refractivity contribution is 5.94. The van der Waals surface area contributed by atoms with Crippen LogP contribution in [0.4, 0.5) is 0 Å². The van der Waals surface area contributed by atoms with Gasteiger partial charge in [-0.15, -0.1) is 0 Å². The quantitative estimate of drug-likeness (QED) is 0.463. The summed E-state index contributed by atoms with van der Waals surface area (Å²) in [6.07, 6.45) is 3.84. The molecule has 0 saturated carbocycles. The molecule has 0 aliphatic heterocycles. The number of nitrogens with zero attached hydrogens (tertiary/aromatic N) is 3. The zero-order valence-corrected chi connectivity index (χ0v) is 14.2. The highest BCUT2D eigenvalue weighted by atomic mass is 16.3. The number of H-pyrrole nitrogens is 1. The molecule has 0 aliphatic rings. The van der Waals surface area contributed by atoms with Crippen LogP contribution in [0.2, 0.25) is 0 Å². The topological polar surface area (TPSA) is 129 Å². The second kappa shape index (κ2) is 7.48. The van der Waals surface area contributed by atoms with Crippen molar-refractivity contribution in [2.75, 3.05) is 0 Å². The number of carbonyl (C=O) groups excluding carboxylic acids is 1. The van der Waals surface area contributed by atoms with E-state index in [4.69, 9.17) is 0 Å². The maximum Gasteiger partial charge on any atom is 0.335 e. The summed E-state index contributed by atoms with van der Waals surface area (Å²) in [5, 5.41) is 14.1. The van der Waals surface area contributed by atoms with E-state index in [1.165, 1.54) is 12.4 Å². The summed E-state index contributed by atoms with van der Waals surface area (Å²) >= 11 is 0. The molecule has 0 spiro atoms. The van der Waals surface area contributed by atoms with E-state index in [9.17, 15) is 19.5 Å². The van der Waals surface area contributed by atoms with Crippen molar-refractivity contribution >= 4 is 12.1 Å². The molecule has 1 amide bonds. The lowest BCUT2D eigenvalue weighted by Crippen LogP contribution is -2.31. The first-order chi connectivity index (χ1) is 13.0. The molecule has 0 fully saturated rings. The highest BCUT2D eigenvalue weighted by Gasteiger charge is 2.14. The van der Waals surface area contributed by atoms with E-state index in [1.807, 2.05) is 13.0 Å². The fourth-order valence-corrected chi connectivity index (χ4v) is 2.38. The number of hydrogen-bond acceptors (Lipinski definition) is 6. The molecule has 0 unspecified atom stereocenters. The molecule has 9 heteroatoms. The summed E-state index contributed by atoms with van der Waals surface area (Å²) in [6, 6.07) is 9.95. The van der Waals surface area contributed by atoms with Crippen LogP contribution in [0.1, 0.15) is 21.5 Å². The van der Waals surface area contributed by atoms with Crippen molar-refractivity contribution in [2.45, 2.75) is 6.92 Å². The van der Waals surface area contributed by atoms with E-state index >= 15 is 0 Å². The first kappa shape index (κ1) is 17.8. The number of rotatable bonds is 4. The third-order valence-electron chi connectivity index (χ3n) is 3.66. The molecular weight excluding hydrogens is 350 g/mol. The van der Waals surface area contributed by atoms with Gasteiger partial charge in [-0.05, 0) is 36.8 Å². The normalized spacial score (nSPS) is 10.9. The van der Waals surface area contributed by atoms with Crippen LogP contribution >= 0.6 is 0 Å². The Labute approximate surface area is 152 Å². The summed E-state index contributed by atoms with van der Waals surface area (Å²) in [4.78, 5) is 42.0. The number of aromatic amines is 1. The summed E-state index contributed by atoms with van der Waals surface area (Å²) in [7, 11) is 0. The number of aromatic nitrogens is 3. The standard InChI is InChI=1S/C18H15N5O4/c1-11-4-2-6-13(8-11)23-17(26)14(16(25)21-18(23)27)10-20-22-15(24)12-5-3-7-19-9-12/h2-10,26H,1H3,(H,22,24)(H,21,25,27)/b20-10+. The van der Waals surface area contributed by atoms with Crippen molar-refractivity contribution in [2.24, 2.45) is 5.10 Å². The van der Waals surface area contributed by atoms with Gasteiger partial charge in [0.25, 0.3) is 11.5 Å². The van der Waals surface area contributed by atoms with Gasteiger partial charge in [-0.3, -0.25) is 19.6 Å². The van der Waals surface area contributed by atoms with Crippen molar-refractivity contribution in [3.05, 3.63) is 86.3 Å². The van der Waals surface area contributed by atoms with E-state index in [-0.39, 0.29) is 11.1 Å². The number of hydrogen-bond donors (Lipinski definition) is 3. The SMILES string of the molecule is Cc1cccc(-n2c(O)c(/C=N/NC(=O)c3cccnc3)c(=O)[nH]c2=O)c1. The van der Waals surface area contributed by atoms with Crippen molar-refractivity contribution in [1.82, 2.24) is 20.0 Å². The predicted octanol–water partition coefficient (Wildman–Crippen LogP) is 0.699. The Morgan fingerprint density at radius 3 is 2.81 bits per heavy atom. The molecule has 0 bridgehead atoms. The molecule has 2 heterocycles. The molecule has 0 atom stereocenters. The lowest BCUT2D eigenvalue weighted by molar-refractivity contribution is 0.0954. The summed E-state index contributed by atoms with van der Waals surface area (Å²) in [5.74, 6) is -1.13. The van der Waals surface area contributed by atoms with Crippen LogP contribution in [0.25, 0.3) is 5.69 Å². The molecule has 3 N–H and O–H groups in total. The zero-order chi connectivity index (χ0) is 19.4. The van der Waals surface area contributed by atoms with E-state index < -0.39 is 23.0 Å². The number of carbonyl (C=O) groups is 1. The zero-order valence-electron chi connectivity index (χ0n) is 14.2. The Bertz CT molecular complexity index is 1130. The Kier molecular flexibility index (Phi) is 4.93. The largest absolute Gasteiger partial charge is 0.493 e. The fraction of sp³-hybridized carbons (Fsp3) is 0.0556. The average molecular weight is 365 g/mol. The third kappa shape index (κ3) is 3.82. The molecule has 9 nitrogen and oxygen atoms in total. The monoisotopic (exact) mass is 365 g/mol. The molecule has 27 heavy (non-hydrogen) atoms. The van der Waals surface area contributed by atoms with E-state index in [0.717, 1.165) is 16.3 Å². The second-order valence-corrected chi connectivity index (χ2v) is 5.61. The molecule has 136 valence electrons. The smallest absolute Gasteiger partial charge is 0.335 e. The molecule has 2 aromatic heterocycles. The maximum atomic E-state index is 12.1. The minimum Gasteiger partial charge on any atom is -0.493 e. The Balaban J connectivity index is 1.94. The van der Waals surface area contributed by atoms with Gasteiger partial charge in [-0.2, -0.15) is 5.10 Å². The number of aromatic hydroxyl groups is 1. The first-order valence-electron chi connectivity index (χ1n) is 7.86. The molecule has 3 rings (SSSR count). The van der Waals surface area contributed by atoms with Crippen molar-refractivity contribution in [3.63, 3.8) is 0 Å². The fourth-order valence-electron chi connectivity index (χ4n) is 2.38. The minimum atomic E-state index is -0.833. The Hall–Kier alpha value is -4.01. The average Bonchev–Trinajstić information content (AvgIpc) is 2.65. The van der Waals surface area contributed by atoms with Gasteiger partial charge in [0.15, 0.2) is 0 Å². The van der Waals surface area contributed by atoms with Crippen LogP contribution in [0, 0.1) is 6.92 Å². The van der Waals surface area contributed by atoms with Gasteiger partial charge < -0.3 is 5.11 Å². The second-order valence-electron chi connectivity index (χ2n) is 5.61. The third-order valence-corrected chi connectivity index (χ3v) is 3.66. The number of benzene rings is 1. The Morgan fingerprint density at radius 1 is 1.30 bits per heavy atom. The maximum absolute atomic E-state index is 12.1. The number of hydrazone groups is 1. The van der Waals surface area contributed by atoms with Crippen molar-refractivity contribution in [3.8, 4) is 11.6 Å². The van der Waals surface area contributed by atoms with Crippen LogP contribution < -0.4 is 16.7 Å². The van der Waals surface area contributed by atoms with Gasteiger partial charge >= 0.3 is 5.69 Å².